The van der Waals surface area contributed by atoms with Crippen molar-refractivity contribution in [3.05, 3.63) is 71.3 Å². The zero-order valence-corrected chi connectivity index (χ0v) is 16.7. The highest BCUT2D eigenvalue weighted by Crippen LogP contribution is 2.32. The fraction of sp³-hybridized carbons (Fsp3) is 0.318. The molecule has 9 heteroatoms. The van der Waals surface area contributed by atoms with Gasteiger partial charge in [-0.15, -0.1) is 0 Å². The molecule has 0 bridgehead atoms. The summed E-state index contributed by atoms with van der Waals surface area (Å²) in [4.78, 5) is 40.1. The molecule has 0 atom stereocenters. The van der Waals surface area contributed by atoms with Gasteiger partial charge in [0.25, 0.3) is 11.8 Å². The topological polar surface area (TPSA) is 69.7 Å². The molecule has 0 unspecified atom stereocenters. The number of nitrogens with one attached hydrogen (secondary N) is 1. The highest BCUT2D eigenvalue weighted by molar-refractivity contribution is 5.97. The lowest BCUT2D eigenvalue weighted by Gasteiger charge is -2.23. The lowest BCUT2D eigenvalue weighted by atomic mass is 10.1. The first-order valence-corrected chi connectivity index (χ1v) is 9.84. The number of hydrogen-bond acceptors (Lipinski definition) is 3. The van der Waals surface area contributed by atoms with Crippen molar-refractivity contribution < 1.29 is 27.6 Å². The summed E-state index contributed by atoms with van der Waals surface area (Å²) in [5.41, 5.74) is -0.933. The summed E-state index contributed by atoms with van der Waals surface area (Å²) in [6.07, 6.45) is -4.20. The van der Waals surface area contributed by atoms with Crippen LogP contribution in [0, 0.1) is 0 Å². The molecule has 1 heterocycles. The molecule has 0 aliphatic carbocycles. The summed E-state index contributed by atoms with van der Waals surface area (Å²) in [6, 6.07) is 13.2. The molecule has 1 aliphatic heterocycles. The van der Waals surface area contributed by atoms with Gasteiger partial charge in [0, 0.05) is 31.7 Å². The van der Waals surface area contributed by atoms with Gasteiger partial charge in [0.1, 0.15) is 0 Å². The molecule has 0 spiro atoms. The van der Waals surface area contributed by atoms with Crippen LogP contribution in [-0.2, 0) is 11.0 Å². The predicted molar refractivity (Wildman–Crippen MR) is 107 cm³/mol. The molecule has 0 radical (unpaired) electrons. The molecule has 3 amide bonds. The number of benzene rings is 2. The Balaban J connectivity index is 1.59. The maximum atomic E-state index is 13.2. The molecule has 164 valence electrons. The van der Waals surface area contributed by atoms with E-state index in [0.29, 0.717) is 18.5 Å². The number of alkyl halides is 3. The second-order valence-corrected chi connectivity index (χ2v) is 7.12. The predicted octanol–water partition coefficient (Wildman–Crippen LogP) is 2.81. The van der Waals surface area contributed by atoms with Crippen molar-refractivity contribution >= 4 is 17.7 Å². The summed E-state index contributed by atoms with van der Waals surface area (Å²) < 4.78 is 39.7. The number of halogens is 3. The van der Waals surface area contributed by atoms with Gasteiger partial charge in [-0.2, -0.15) is 13.2 Å². The zero-order chi connectivity index (χ0) is 22.4. The van der Waals surface area contributed by atoms with Crippen LogP contribution in [0.3, 0.4) is 0 Å². The lowest BCUT2D eigenvalue weighted by Crippen LogP contribution is -2.42. The second kappa shape index (κ2) is 9.63. The minimum Gasteiger partial charge on any atom is -0.343 e. The Morgan fingerprint density at radius 2 is 1.45 bits per heavy atom. The van der Waals surface area contributed by atoms with Crippen LogP contribution in [0.5, 0.6) is 0 Å². The average Bonchev–Trinajstić information content (AvgIpc) is 3.03. The molecule has 1 N–H and O–H groups in total. The third-order valence-electron chi connectivity index (χ3n) is 5.03. The van der Waals surface area contributed by atoms with Gasteiger partial charge >= 0.3 is 6.18 Å². The van der Waals surface area contributed by atoms with Crippen molar-refractivity contribution in [3.8, 4) is 0 Å². The Morgan fingerprint density at radius 1 is 0.839 bits per heavy atom. The monoisotopic (exact) mass is 433 g/mol. The van der Waals surface area contributed by atoms with Gasteiger partial charge in [-0.25, -0.2) is 0 Å². The van der Waals surface area contributed by atoms with Crippen LogP contribution in [0.25, 0.3) is 0 Å². The van der Waals surface area contributed by atoms with E-state index < -0.39 is 23.2 Å². The van der Waals surface area contributed by atoms with E-state index in [1.165, 1.54) is 21.9 Å². The van der Waals surface area contributed by atoms with Crippen molar-refractivity contribution in [2.24, 2.45) is 0 Å². The molecule has 3 rings (SSSR count). The van der Waals surface area contributed by atoms with E-state index in [0.717, 1.165) is 12.1 Å². The van der Waals surface area contributed by atoms with E-state index in [2.05, 4.69) is 5.32 Å². The summed E-state index contributed by atoms with van der Waals surface area (Å²) in [5.74, 6) is -1.39. The summed E-state index contributed by atoms with van der Waals surface area (Å²) in [5, 5.41) is 2.56. The summed E-state index contributed by atoms with van der Waals surface area (Å²) in [6.45, 7) is 0.692. The van der Waals surface area contributed by atoms with Gasteiger partial charge in [-0.1, -0.05) is 30.3 Å². The van der Waals surface area contributed by atoms with E-state index in [1.54, 1.807) is 30.3 Å². The van der Waals surface area contributed by atoms with Crippen molar-refractivity contribution in [1.82, 2.24) is 15.1 Å². The Bertz CT molecular complexity index is 948. The Labute approximate surface area is 177 Å². The number of hydrogen-bond donors (Lipinski definition) is 1. The molecule has 1 fully saturated rings. The first-order valence-electron chi connectivity index (χ1n) is 9.84. The number of nitrogens with zero attached hydrogens (tertiary/aromatic N) is 2. The van der Waals surface area contributed by atoms with Crippen molar-refractivity contribution in [1.29, 1.82) is 0 Å². The maximum Gasteiger partial charge on any atom is 0.417 e. The van der Waals surface area contributed by atoms with E-state index in [9.17, 15) is 27.6 Å². The van der Waals surface area contributed by atoms with E-state index >= 15 is 0 Å². The van der Waals surface area contributed by atoms with Crippen LogP contribution >= 0.6 is 0 Å². The van der Waals surface area contributed by atoms with Crippen molar-refractivity contribution in [3.63, 3.8) is 0 Å². The van der Waals surface area contributed by atoms with Gasteiger partial charge in [-0.05, 0) is 30.7 Å². The molecular formula is C22H22F3N3O3. The minimum atomic E-state index is -4.63. The first-order chi connectivity index (χ1) is 14.8. The molecular weight excluding hydrogens is 411 g/mol. The highest BCUT2D eigenvalue weighted by Gasteiger charge is 2.36. The van der Waals surface area contributed by atoms with Crippen LogP contribution in [0.15, 0.2) is 54.6 Å². The lowest BCUT2D eigenvalue weighted by molar-refractivity contribution is -0.138. The zero-order valence-electron chi connectivity index (χ0n) is 16.7. The Morgan fingerprint density at radius 3 is 2.16 bits per heavy atom. The number of carbonyl (C=O) groups is 3. The van der Waals surface area contributed by atoms with Crippen LogP contribution in [0.4, 0.5) is 13.2 Å². The van der Waals surface area contributed by atoms with E-state index in [4.69, 9.17) is 0 Å². The minimum absolute atomic E-state index is 0.114. The van der Waals surface area contributed by atoms with Crippen molar-refractivity contribution in [2.45, 2.75) is 12.6 Å². The van der Waals surface area contributed by atoms with Gasteiger partial charge < -0.3 is 15.1 Å². The number of carbonyl (C=O) groups excluding carboxylic acids is 3. The SMILES string of the molecule is O=C(NCC(=O)N1CCCN(C(=O)c2ccccc2C(F)(F)F)CC1)c1ccccc1. The highest BCUT2D eigenvalue weighted by atomic mass is 19.4. The second-order valence-electron chi connectivity index (χ2n) is 7.12. The Kier molecular flexibility index (Phi) is 6.94. The third-order valence-corrected chi connectivity index (χ3v) is 5.03. The van der Waals surface area contributed by atoms with Crippen LogP contribution in [-0.4, -0.2) is 60.2 Å². The Hall–Kier alpha value is -3.36. The fourth-order valence-corrected chi connectivity index (χ4v) is 3.42. The number of amides is 3. The molecule has 6 nitrogen and oxygen atoms in total. The summed E-state index contributed by atoms with van der Waals surface area (Å²) in [7, 11) is 0. The molecule has 2 aromatic carbocycles. The standard InChI is InChI=1S/C22H22F3N3O3/c23-22(24,25)18-10-5-4-9-17(18)21(31)28-12-6-11-27(13-14-28)19(29)15-26-20(30)16-7-2-1-3-8-16/h1-5,7-10H,6,11-15H2,(H,26,30). The average molecular weight is 433 g/mol. The molecule has 2 aromatic rings. The largest absolute Gasteiger partial charge is 0.417 e. The number of rotatable bonds is 4. The molecule has 0 aromatic heterocycles. The summed E-state index contributed by atoms with van der Waals surface area (Å²) >= 11 is 0. The smallest absolute Gasteiger partial charge is 0.343 e. The normalized spacial score (nSPS) is 14.7. The molecule has 31 heavy (non-hydrogen) atoms. The molecule has 1 aliphatic rings. The fourth-order valence-electron chi connectivity index (χ4n) is 3.42. The van der Waals surface area contributed by atoms with Gasteiger partial charge in [0.05, 0.1) is 17.7 Å². The van der Waals surface area contributed by atoms with Crippen LogP contribution in [0.1, 0.15) is 32.7 Å². The van der Waals surface area contributed by atoms with E-state index in [1.807, 2.05) is 0 Å². The van der Waals surface area contributed by atoms with Gasteiger partial charge in [-0.3, -0.25) is 14.4 Å². The quantitative estimate of drug-likeness (QED) is 0.806. The maximum absolute atomic E-state index is 13.2. The van der Waals surface area contributed by atoms with Gasteiger partial charge in [0.2, 0.25) is 5.91 Å². The van der Waals surface area contributed by atoms with Gasteiger partial charge in [0.15, 0.2) is 0 Å². The van der Waals surface area contributed by atoms with Crippen molar-refractivity contribution in [2.75, 3.05) is 32.7 Å². The van der Waals surface area contributed by atoms with E-state index in [-0.39, 0.29) is 38.0 Å². The molecule has 0 saturated carbocycles. The third kappa shape index (κ3) is 5.62. The molecule has 1 saturated heterocycles. The first kappa shape index (κ1) is 22.3. The van der Waals surface area contributed by atoms with Crippen LogP contribution < -0.4 is 5.32 Å². The van der Waals surface area contributed by atoms with Crippen LogP contribution in [0.2, 0.25) is 0 Å².